The van der Waals surface area contributed by atoms with Crippen LogP contribution in [0.5, 0.6) is 0 Å². The molecule has 0 spiro atoms. The number of hydrogen-bond donors (Lipinski definition) is 0. The van der Waals surface area contributed by atoms with Crippen LogP contribution in [0.25, 0.3) is 0 Å². The number of ether oxygens (including phenoxy) is 1. The van der Waals surface area contributed by atoms with Crippen LogP contribution in [0.2, 0.25) is 0 Å². The lowest BCUT2D eigenvalue weighted by Gasteiger charge is -2.27. The Labute approximate surface area is 181 Å². The number of unbranched alkanes of at least 4 members (excludes halogenated alkanes) is 1. The van der Waals surface area contributed by atoms with Gasteiger partial charge in [0, 0.05) is 6.42 Å². The molecule has 2 nitrogen and oxygen atoms in total. The van der Waals surface area contributed by atoms with Crippen molar-refractivity contribution in [2.75, 3.05) is 12.8 Å². The molecule has 0 unspecified atom stereocenters. The van der Waals surface area contributed by atoms with Crippen LogP contribution in [0.15, 0.2) is 91.0 Å². The highest BCUT2D eigenvalue weighted by Crippen LogP contribution is 2.55. The first kappa shape index (κ1) is 23.1. The Kier molecular flexibility index (Phi) is 9.38. The molecule has 0 aliphatic carbocycles. The van der Waals surface area contributed by atoms with E-state index >= 15 is 0 Å². The molecule has 0 atom stereocenters. The second-order valence-electron chi connectivity index (χ2n) is 6.80. The number of rotatable bonds is 9. The van der Waals surface area contributed by atoms with Gasteiger partial charge < -0.3 is 17.1 Å². The van der Waals surface area contributed by atoms with Crippen LogP contribution in [0.3, 0.4) is 0 Å². The predicted octanol–water partition coefficient (Wildman–Crippen LogP) is 1.72. The maximum absolute atomic E-state index is 11.8. The smallest absolute Gasteiger partial charge is 0.305 e. The third kappa shape index (κ3) is 5.69. The zero-order valence-electron chi connectivity index (χ0n) is 16.8. The molecule has 3 rings (SSSR count). The average Bonchev–Trinajstić information content (AvgIpc) is 2.76. The Hall–Kier alpha value is -2.15. The number of benzene rings is 3. The molecular formula is C25H28ClO2P. The van der Waals surface area contributed by atoms with Crippen molar-refractivity contribution < 1.29 is 21.9 Å². The fraction of sp³-hybridized carbons (Fsp3) is 0.240. The Morgan fingerprint density at radius 1 is 0.724 bits per heavy atom. The largest absolute Gasteiger partial charge is 1.00 e. The molecule has 0 saturated carbocycles. The van der Waals surface area contributed by atoms with E-state index in [1.807, 2.05) is 6.92 Å². The Morgan fingerprint density at radius 2 is 1.14 bits per heavy atom. The van der Waals surface area contributed by atoms with Crippen molar-refractivity contribution in [1.82, 2.24) is 0 Å². The fourth-order valence-corrected chi connectivity index (χ4v) is 8.14. The van der Waals surface area contributed by atoms with Crippen molar-refractivity contribution in [2.45, 2.75) is 26.2 Å². The van der Waals surface area contributed by atoms with Gasteiger partial charge in [0.1, 0.15) is 23.2 Å². The molecule has 0 fully saturated rings. The number of esters is 1. The first-order valence-electron chi connectivity index (χ1n) is 9.98. The summed E-state index contributed by atoms with van der Waals surface area (Å²) in [6.45, 7) is 2.31. The molecule has 0 N–H and O–H groups in total. The molecule has 0 heterocycles. The fourth-order valence-electron chi connectivity index (χ4n) is 3.73. The standard InChI is InChI=1S/C25H28O2P.ClH/c1-2-27-25(26)20-12-13-21-28(22-14-6-3-7-15-22,23-16-8-4-9-17-23)24-18-10-5-11-19-24;/h3-11,14-19H,2,12-13,20-21H2,1H3;1H/q+1;/p-1. The highest BCUT2D eigenvalue weighted by molar-refractivity contribution is 7.95. The van der Waals surface area contributed by atoms with Gasteiger partial charge in [0.25, 0.3) is 0 Å². The van der Waals surface area contributed by atoms with Crippen molar-refractivity contribution >= 4 is 29.1 Å². The quantitative estimate of drug-likeness (QED) is 0.296. The number of halogens is 1. The molecule has 3 aromatic carbocycles. The monoisotopic (exact) mass is 426 g/mol. The van der Waals surface area contributed by atoms with E-state index < -0.39 is 7.26 Å². The summed E-state index contributed by atoms with van der Waals surface area (Å²) in [5, 5.41) is 4.18. The highest BCUT2D eigenvalue weighted by Gasteiger charge is 2.44. The van der Waals surface area contributed by atoms with E-state index in [0.717, 1.165) is 19.0 Å². The maximum Gasteiger partial charge on any atom is 0.305 e. The average molecular weight is 427 g/mol. The van der Waals surface area contributed by atoms with Gasteiger partial charge in [-0.25, -0.2) is 0 Å². The molecule has 3 aromatic rings. The predicted molar refractivity (Wildman–Crippen MR) is 120 cm³/mol. The molecular weight excluding hydrogens is 399 g/mol. The summed E-state index contributed by atoms with van der Waals surface area (Å²) >= 11 is 0. The summed E-state index contributed by atoms with van der Waals surface area (Å²) in [6.07, 6.45) is 3.38. The Bertz CT molecular complexity index is 757. The van der Waals surface area contributed by atoms with Crippen LogP contribution in [-0.4, -0.2) is 18.7 Å². The minimum absolute atomic E-state index is 0. The molecule has 4 heteroatoms. The second-order valence-corrected chi connectivity index (χ2v) is 10.4. The minimum atomic E-state index is -1.78. The van der Waals surface area contributed by atoms with Crippen LogP contribution in [0.4, 0.5) is 0 Å². The van der Waals surface area contributed by atoms with Gasteiger partial charge in [-0.3, -0.25) is 4.79 Å². The second kappa shape index (κ2) is 11.8. The topological polar surface area (TPSA) is 26.3 Å². The molecule has 152 valence electrons. The summed E-state index contributed by atoms with van der Waals surface area (Å²) in [5.41, 5.74) is 0. The van der Waals surface area contributed by atoms with Gasteiger partial charge >= 0.3 is 5.97 Å². The molecule has 0 saturated heterocycles. The summed E-state index contributed by atoms with van der Waals surface area (Å²) < 4.78 is 5.10. The third-order valence-corrected chi connectivity index (χ3v) is 9.55. The number of carbonyl (C=O) groups is 1. The van der Waals surface area contributed by atoms with Crippen LogP contribution in [0, 0.1) is 0 Å². The third-order valence-electron chi connectivity index (χ3n) is 5.02. The van der Waals surface area contributed by atoms with Crippen molar-refractivity contribution in [3.8, 4) is 0 Å². The molecule has 0 aromatic heterocycles. The number of hydrogen-bond acceptors (Lipinski definition) is 2. The van der Waals surface area contributed by atoms with Crippen LogP contribution in [-0.2, 0) is 9.53 Å². The molecule has 29 heavy (non-hydrogen) atoms. The van der Waals surface area contributed by atoms with Gasteiger partial charge in [-0.15, -0.1) is 0 Å². The van der Waals surface area contributed by atoms with Gasteiger partial charge in [0.15, 0.2) is 0 Å². The van der Waals surface area contributed by atoms with Crippen molar-refractivity contribution in [3.05, 3.63) is 91.0 Å². The first-order chi connectivity index (χ1) is 13.8. The van der Waals surface area contributed by atoms with Gasteiger partial charge in [0.2, 0.25) is 0 Å². The molecule has 0 aliphatic rings. The van der Waals surface area contributed by atoms with Gasteiger partial charge in [-0.1, -0.05) is 54.6 Å². The van der Waals surface area contributed by atoms with E-state index in [9.17, 15) is 4.79 Å². The van der Waals surface area contributed by atoms with E-state index in [2.05, 4.69) is 91.0 Å². The van der Waals surface area contributed by atoms with E-state index in [4.69, 9.17) is 4.74 Å². The van der Waals surface area contributed by atoms with Crippen LogP contribution in [0.1, 0.15) is 26.2 Å². The highest BCUT2D eigenvalue weighted by atomic mass is 35.5. The minimum Gasteiger partial charge on any atom is -1.00 e. The van der Waals surface area contributed by atoms with E-state index in [0.29, 0.717) is 13.0 Å². The van der Waals surface area contributed by atoms with E-state index in [1.165, 1.54) is 15.9 Å². The Balaban J connectivity index is 0.00000300. The van der Waals surface area contributed by atoms with Crippen LogP contribution >= 0.6 is 7.26 Å². The normalized spacial score (nSPS) is 10.8. The lowest BCUT2D eigenvalue weighted by molar-refractivity contribution is -0.143. The van der Waals surface area contributed by atoms with Gasteiger partial charge in [-0.2, -0.15) is 0 Å². The van der Waals surface area contributed by atoms with E-state index in [1.54, 1.807) is 0 Å². The van der Waals surface area contributed by atoms with Gasteiger partial charge in [0.05, 0.1) is 12.8 Å². The SMILES string of the molecule is CCOC(=O)CCCC[P+](c1ccccc1)(c1ccccc1)c1ccccc1.[Cl-]. The lowest BCUT2D eigenvalue weighted by atomic mass is 10.2. The lowest BCUT2D eigenvalue weighted by Crippen LogP contribution is -3.00. The summed E-state index contributed by atoms with van der Waals surface area (Å²) in [5.74, 6) is -0.0921. The summed E-state index contributed by atoms with van der Waals surface area (Å²) in [4.78, 5) is 11.8. The van der Waals surface area contributed by atoms with Crippen molar-refractivity contribution in [1.29, 1.82) is 0 Å². The zero-order chi connectivity index (χ0) is 19.7. The zero-order valence-corrected chi connectivity index (χ0v) is 18.5. The Morgan fingerprint density at radius 3 is 1.52 bits per heavy atom. The van der Waals surface area contributed by atoms with Crippen molar-refractivity contribution in [2.24, 2.45) is 0 Å². The van der Waals surface area contributed by atoms with Gasteiger partial charge in [-0.05, 0) is 56.2 Å². The molecule has 0 aliphatic heterocycles. The molecule has 0 bridgehead atoms. The summed E-state index contributed by atoms with van der Waals surface area (Å²) in [7, 11) is -1.78. The van der Waals surface area contributed by atoms with Crippen molar-refractivity contribution in [3.63, 3.8) is 0 Å². The van der Waals surface area contributed by atoms with E-state index in [-0.39, 0.29) is 18.4 Å². The molecule has 0 radical (unpaired) electrons. The summed E-state index contributed by atoms with van der Waals surface area (Å²) in [6, 6.07) is 32.6. The van der Waals surface area contributed by atoms with Crippen LogP contribution < -0.4 is 28.3 Å². The first-order valence-corrected chi connectivity index (χ1v) is 12.0. The number of carbonyl (C=O) groups excluding carboxylic acids is 1. The maximum atomic E-state index is 11.8. The molecule has 0 amide bonds.